The third-order valence-electron chi connectivity index (χ3n) is 3.75. The van der Waals surface area contributed by atoms with E-state index in [-0.39, 0.29) is 30.5 Å². The molecule has 140 valence electrons. The predicted molar refractivity (Wildman–Crippen MR) is 90.5 cm³/mol. The summed E-state index contributed by atoms with van der Waals surface area (Å²) < 4.78 is 33.5. The zero-order valence-corrected chi connectivity index (χ0v) is 14.7. The lowest BCUT2D eigenvalue weighted by atomic mass is 10.1. The number of carbonyl (C=O) groups excluding carboxylic acids is 2. The first-order valence-electron chi connectivity index (χ1n) is 8.01. The molecule has 0 saturated carbocycles. The number of rotatable bonds is 7. The summed E-state index contributed by atoms with van der Waals surface area (Å²) in [5.41, 5.74) is 2.42. The van der Waals surface area contributed by atoms with Gasteiger partial charge in [0.05, 0.1) is 12.2 Å². The molecule has 0 spiro atoms. The number of carbonyl (C=O) groups is 2. The average Bonchev–Trinajstić information content (AvgIpc) is 2.88. The molecule has 0 atom stereocenters. The molecule has 2 aromatic rings. The summed E-state index contributed by atoms with van der Waals surface area (Å²) in [5.74, 6) is -0.813. The van der Waals surface area contributed by atoms with E-state index in [0.717, 1.165) is 0 Å². The van der Waals surface area contributed by atoms with Gasteiger partial charge >= 0.3 is 12.6 Å². The van der Waals surface area contributed by atoms with Gasteiger partial charge in [-0.3, -0.25) is 4.79 Å². The van der Waals surface area contributed by atoms with E-state index in [0.29, 0.717) is 22.4 Å². The maximum atomic E-state index is 12.4. The summed E-state index contributed by atoms with van der Waals surface area (Å²) in [6.07, 6.45) is 0. The van der Waals surface area contributed by atoms with Crippen LogP contribution in [0.3, 0.4) is 0 Å². The SMILES string of the molecule is CCOC(=O)c1c(C)[nH]c(C(=O)NCc2ccc(OC(F)F)cc2)c1C. The molecule has 8 heteroatoms. The number of nitrogens with one attached hydrogen (secondary N) is 2. The number of halogens is 2. The van der Waals surface area contributed by atoms with Crippen LogP contribution in [0.2, 0.25) is 0 Å². The quantitative estimate of drug-likeness (QED) is 0.737. The van der Waals surface area contributed by atoms with Crippen molar-refractivity contribution >= 4 is 11.9 Å². The monoisotopic (exact) mass is 366 g/mol. The van der Waals surface area contributed by atoms with Crippen LogP contribution in [0.5, 0.6) is 5.75 Å². The van der Waals surface area contributed by atoms with Crippen LogP contribution in [0.25, 0.3) is 0 Å². The Balaban J connectivity index is 2.04. The Bertz CT molecular complexity index is 785. The van der Waals surface area contributed by atoms with Gasteiger partial charge in [-0.1, -0.05) is 12.1 Å². The summed E-state index contributed by atoms with van der Waals surface area (Å²) in [7, 11) is 0. The van der Waals surface area contributed by atoms with E-state index >= 15 is 0 Å². The first kappa shape index (κ1) is 19.4. The Morgan fingerprint density at radius 1 is 1.19 bits per heavy atom. The molecular weight excluding hydrogens is 346 g/mol. The number of aromatic amines is 1. The van der Waals surface area contributed by atoms with Crippen molar-refractivity contribution in [1.82, 2.24) is 10.3 Å². The van der Waals surface area contributed by atoms with Crippen molar-refractivity contribution in [1.29, 1.82) is 0 Å². The number of aryl methyl sites for hydroxylation is 1. The van der Waals surface area contributed by atoms with Crippen LogP contribution < -0.4 is 10.1 Å². The number of alkyl halides is 2. The second kappa shape index (κ2) is 8.46. The lowest BCUT2D eigenvalue weighted by Crippen LogP contribution is -2.24. The van der Waals surface area contributed by atoms with Crippen molar-refractivity contribution < 1.29 is 27.8 Å². The topological polar surface area (TPSA) is 80.4 Å². The summed E-state index contributed by atoms with van der Waals surface area (Å²) in [5, 5.41) is 2.72. The maximum absolute atomic E-state index is 12.4. The van der Waals surface area contributed by atoms with Crippen molar-refractivity contribution in [3.05, 3.63) is 52.3 Å². The highest BCUT2D eigenvalue weighted by Crippen LogP contribution is 2.19. The molecule has 0 saturated heterocycles. The van der Waals surface area contributed by atoms with Crippen LogP contribution >= 0.6 is 0 Å². The molecule has 26 heavy (non-hydrogen) atoms. The summed E-state index contributed by atoms with van der Waals surface area (Å²) in [6, 6.07) is 5.96. The van der Waals surface area contributed by atoms with Crippen LogP contribution in [-0.4, -0.2) is 30.1 Å². The number of esters is 1. The molecule has 1 amide bonds. The fourth-order valence-corrected chi connectivity index (χ4v) is 2.55. The van der Waals surface area contributed by atoms with Crippen molar-refractivity contribution in [2.75, 3.05) is 6.61 Å². The van der Waals surface area contributed by atoms with E-state index in [4.69, 9.17) is 4.74 Å². The molecule has 6 nitrogen and oxygen atoms in total. The van der Waals surface area contributed by atoms with E-state index in [1.807, 2.05) is 0 Å². The Morgan fingerprint density at radius 2 is 1.85 bits per heavy atom. The second-order valence-corrected chi connectivity index (χ2v) is 5.55. The summed E-state index contributed by atoms with van der Waals surface area (Å²) in [6.45, 7) is 2.63. The van der Waals surface area contributed by atoms with E-state index in [1.54, 1.807) is 32.9 Å². The standard InChI is InChI=1S/C18H20F2N2O4/c1-4-25-17(24)14-10(2)15(22-11(14)3)16(23)21-9-12-5-7-13(8-6-12)26-18(19)20/h5-8,18,22H,4,9H2,1-3H3,(H,21,23). The van der Waals surface area contributed by atoms with Gasteiger partial charge in [-0.15, -0.1) is 0 Å². The molecule has 2 N–H and O–H groups in total. The van der Waals surface area contributed by atoms with Crippen LogP contribution in [0.4, 0.5) is 8.78 Å². The van der Waals surface area contributed by atoms with Gasteiger partial charge in [-0.05, 0) is 44.0 Å². The highest BCUT2D eigenvalue weighted by atomic mass is 19.3. The van der Waals surface area contributed by atoms with Gasteiger partial charge in [0.15, 0.2) is 0 Å². The van der Waals surface area contributed by atoms with Gasteiger partial charge in [0.25, 0.3) is 5.91 Å². The minimum Gasteiger partial charge on any atom is -0.462 e. The molecule has 1 aromatic heterocycles. The highest BCUT2D eigenvalue weighted by Gasteiger charge is 2.22. The van der Waals surface area contributed by atoms with Crippen LogP contribution in [-0.2, 0) is 11.3 Å². The van der Waals surface area contributed by atoms with E-state index < -0.39 is 12.6 Å². The number of hydrogen-bond donors (Lipinski definition) is 2. The van der Waals surface area contributed by atoms with E-state index in [2.05, 4.69) is 15.0 Å². The second-order valence-electron chi connectivity index (χ2n) is 5.55. The van der Waals surface area contributed by atoms with Gasteiger partial charge in [0.2, 0.25) is 0 Å². The van der Waals surface area contributed by atoms with Gasteiger partial charge in [-0.25, -0.2) is 4.79 Å². The number of amides is 1. The lowest BCUT2D eigenvalue weighted by Gasteiger charge is -2.07. The summed E-state index contributed by atoms with van der Waals surface area (Å²) in [4.78, 5) is 27.3. The molecule has 0 radical (unpaired) electrons. The summed E-state index contributed by atoms with van der Waals surface area (Å²) >= 11 is 0. The molecule has 0 aliphatic heterocycles. The Morgan fingerprint density at radius 3 is 2.42 bits per heavy atom. The minimum atomic E-state index is -2.88. The Labute approximate surface area is 149 Å². The van der Waals surface area contributed by atoms with Gasteiger partial charge in [-0.2, -0.15) is 8.78 Å². The van der Waals surface area contributed by atoms with E-state index in [9.17, 15) is 18.4 Å². The maximum Gasteiger partial charge on any atom is 0.387 e. The first-order valence-corrected chi connectivity index (χ1v) is 8.01. The largest absolute Gasteiger partial charge is 0.462 e. The molecule has 1 heterocycles. The number of H-pyrrole nitrogens is 1. The van der Waals surface area contributed by atoms with Crippen LogP contribution in [0.15, 0.2) is 24.3 Å². The van der Waals surface area contributed by atoms with Crippen LogP contribution in [0, 0.1) is 13.8 Å². The molecule has 0 bridgehead atoms. The highest BCUT2D eigenvalue weighted by molar-refractivity contribution is 6.00. The predicted octanol–water partition coefficient (Wildman–Crippen LogP) is 3.34. The fraction of sp³-hybridized carbons (Fsp3) is 0.333. The zero-order valence-electron chi connectivity index (χ0n) is 14.7. The molecular formula is C18H20F2N2O4. The van der Waals surface area contributed by atoms with Crippen molar-refractivity contribution in [2.24, 2.45) is 0 Å². The normalized spacial score (nSPS) is 10.7. The fourth-order valence-electron chi connectivity index (χ4n) is 2.55. The van der Waals surface area contributed by atoms with Gasteiger partial charge < -0.3 is 19.8 Å². The number of hydrogen-bond acceptors (Lipinski definition) is 4. The smallest absolute Gasteiger partial charge is 0.387 e. The molecule has 2 rings (SSSR count). The number of ether oxygens (including phenoxy) is 2. The number of benzene rings is 1. The van der Waals surface area contributed by atoms with Crippen LogP contribution in [0.1, 0.15) is 44.6 Å². The third-order valence-corrected chi connectivity index (χ3v) is 3.75. The van der Waals surface area contributed by atoms with Gasteiger partial charge in [0, 0.05) is 12.2 Å². The Kier molecular flexibility index (Phi) is 6.32. The third kappa shape index (κ3) is 4.59. The molecule has 0 fully saturated rings. The number of aromatic nitrogens is 1. The van der Waals surface area contributed by atoms with Gasteiger partial charge in [0.1, 0.15) is 11.4 Å². The van der Waals surface area contributed by atoms with E-state index in [1.165, 1.54) is 12.1 Å². The zero-order chi connectivity index (χ0) is 19.3. The van der Waals surface area contributed by atoms with Crippen molar-refractivity contribution in [2.45, 2.75) is 33.9 Å². The van der Waals surface area contributed by atoms with Crippen molar-refractivity contribution in [3.8, 4) is 5.75 Å². The van der Waals surface area contributed by atoms with Crippen molar-refractivity contribution in [3.63, 3.8) is 0 Å². The average molecular weight is 366 g/mol. The molecule has 0 aliphatic carbocycles. The first-order chi connectivity index (χ1) is 12.3. The lowest BCUT2D eigenvalue weighted by molar-refractivity contribution is -0.0498. The molecule has 0 unspecified atom stereocenters. The molecule has 0 aliphatic rings. The Hall–Kier alpha value is -2.90. The molecule has 1 aromatic carbocycles. The minimum absolute atomic E-state index is 0.0463.